The lowest BCUT2D eigenvalue weighted by molar-refractivity contribution is 0.617. The third kappa shape index (κ3) is 5.75. The van der Waals surface area contributed by atoms with Crippen molar-refractivity contribution < 1.29 is 4.39 Å². The van der Waals surface area contributed by atoms with Crippen molar-refractivity contribution in [1.82, 2.24) is 25.4 Å². The van der Waals surface area contributed by atoms with Crippen LogP contribution in [0.5, 0.6) is 0 Å². The number of rotatable bonds is 5. The van der Waals surface area contributed by atoms with E-state index in [2.05, 4.69) is 25.7 Å². The van der Waals surface area contributed by atoms with E-state index >= 15 is 0 Å². The zero-order valence-electron chi connectivity index (χ0n) is 15.2. The highest BCUT2D eigenvalue weighted by atomic mass is 127. The van der Waals surface area contributed by atoms with Crippen LogP contribution in [0.4, 0.5) is 4.39 Å². The normalized spacial score (nSPS) is 11.0. The van der Waals surface area contributed by atoms with E-state index in [1.54, 1.807) is 37.1 Å². The number of hydrogen-bond acceptors (Lipinski definition) is 3. The molecule has 0 spiro atoms. The molecule has 0 aliphatic rings. The van der Waals surface area contributed by atoms with Gasteiger partial charge in [-0.05, 0) is 47.9 Å². The molecule has 0 atom stereocenters. The highest BCUT2D eigenvalue weighted by molar-refractivity contribution is 14.0. The van der Waals surface area contributed by atoms with E-state index in [9.17, 15) is 4.39 Å². The largest absolute Gasteiger partial charge is 0.352 e. The monoisotopic (exact) mass is 480 g/mol. The van der Waals surface area contributed by atoms with Gasteiger partial charge in [-0.15, -0.1) is 24.0 Å². The van der Waals surface area contributed by atoms with Gasteiger partial charge in [0, 0.05) is 38.7 Å². The Balaban J connectivity index is 0.00000261. The Labute approximate surface area is 175 Å². The molecule has 3 aromatic rings. The zero-order chi connectivity index (χ0) is 18.4. The van der Waals surface area contributed by atoms with Gasteiger partial charge in [0.25, 0.3) is 0 Å². The van der Waals surface area contributed by atoms with Crippen molar-refractivity contribution in [2.24, 2.45) is 4.99 Å². The second kappa shape index (κ2) is 10.0. The molecule has 142 valence electrons. The van der Waals surface area contributed by atoms with Crippen molar-refractivity contribution in [2.45, 2.75) is 20.0 Å². The van der Waals surface area contributed by atoms with E-state index in [1.165, 1.54) is 6.07 Å². The Morgan fingerprint density at radius 3 is 2.48 bits per heavy atom. The number of hydrogen-bond donors (Lipinski definition) is 2. The van der Waals surface area contributed by atoms with Crippen molar-refractivity contribution in [2.75, 3.05) is 7.05 Å². The van der Waals surface area contributed by atoms with Gasteiger partial charge in [0.05, 0.1) is 0 Å². The molecule has 0 fully saturated rings. The van der Waals surface area contributed by atoms with Crippen molar-refractivity contribution >= 4 is 29.9 Å². The van der Waals surface area contributed by atoms with E-state index < -0.39 is 0 Å². The molecule has 0 unspecified atom stereocenters. The summed E-state index contributed by atoms with van der Waals surface area (Å²) in [6.45, 7) is 2.92. The third-order valence-electron chi connectivity index (χ3n) is 3.91. The molecular weight excluding hydrogens is 458 g/mol. The van der Waals surface area contributed by atoms with Crippen LogP contribution in [-0.2, 0) is 13.1 Å². The number of pyridine rings is 1. The van der Waals surface area contributed by atoms with Gasteiger partial charge in [0.1, 0.15) is 5.82 Å². The summed E-state index contributed by atoms with van der Waals surface area (Å²) >= 11 is 0. The number of benzene rings is 1. The third-order valence-corrected chi connectivity index (χ3v) is 3.91. The standard InChI is InChI=1S/C19H21FN6.HI/c1-14-10-15(4-5-17(14)20)12-23-19(21-2)24-13-16-6-8-22-18(11-16)26-9-3-7-25-26;/h3-11H,12-13H2,1-2H3,(H2,21,23,24);1H. The maximum atomic E-state index is 13.3. The topological polar surface area (TPSA) is 67.1 Å². The number of guanidine groups is 1. The highest BCUT2D eigenvalue weighted by Crippen LogP contribution is 2.09. The van der Waals surface area contributed by atoms with Gasteiger partial charge < -0.3 is 10.6 Å². The van der Waals surface area contributed by atoms with Crippen LogP contribution in [0.1, 0.15) is 16.7 Å². The van der Waals surface area contributed by atoms with Gasteiger partial charge in [-0.2, -0.15) is 5.10 Å². The van der Waals surface area contributed by atoms with Crippen molar-refractivity contribution in [3.63, 3.8) is 0 Å². The van der Waals surface area contributed by atoms with Crippen molar-refractivity contribution in [3.8, 4) is 5.82 Å². The molecule has 3 rings (SSSR count). The Bertz CT molecular complexity index is 895. The van der Waals surface area contributed by atoms with Crippen LogP contribution in [-0.4, -0.2) is 27.8 Å². The minimum atomic E-state index is -0.193. The van der Waals surface area contributed by atoms with Crippen LogP contribution >= 0.6 is 24.0 Å². The van der Waals surface area contributed by atoms with E-state index in [4.69, 9.17) is 0 Å². The summed E-state index contributed by atoms with van der Waals surface area (Å²) in [5.74, 6) is 1.24. The molecule has 0 saturated heterocycles. The lowest BCUT2D eigenvalue weighted by Crippen LogP contribution is -2.36. The molecule has 2 heterocycles. The number of aromatic nitrogens is 3. The Morgan fingerprint density at radius 1 is 1.11 bits per heavy atom. The predicted molar refractivity (Wildman–Crippen MR) is 115 cm³/mol. The maximum Gasteiger partial charge on any atom is 0.191 e. The van der Waals surface area contributed by atoms with Crippen molar-refractivity contribution in [3.05, 3.63) is 77.5 Å². The highest BCUT2D eigenvalue weighted by Gasteiger charge is 2.03. The molecule has 27 heavy (non-hydrogen) atoms. The van der Waals surface area contributed by atoms with Crippen LogP contribution in [0.3, 0.4) is 0 Å². The summed E-state index contributed by atoms with van der Waals surface area (Å²) in [6, 6.07) is 10.8. The number of nitrogens with zero attached hydrogens (tertiary/aromatic N) is 4. The van der Waals surface area contributed by atoms with Crippen LogP contribution in [0.15, 0.2) is 60.0 Å². The quantitative estimate of drug-likeness (QED) is 0.335. The molecule has 0 radical (unpaired) electrons. The second-order valence-corrected chi connectivity index (χ2v) is 5.84. The Morgan fingerprint density at radius 2 is 1.85 bits per heavy atom. The summed E-state index contributed by atoms with van der Waals surface area (Å²) in [5, 5.41) is 10.7. The van der Waals surface area contributed by atoms with E-state index in [-0.39, 0.29) is 29.8 Å². The van der Waals surface area contributed by atoms with Gasteiger partial charge in [-0.1, -0.05) is 12.1 Å². The Hall–Kier alpha value is -2.49. The molecule has 0 saturated carbocycles. The lowest BCUT2D eigenvalue weighted by atomic mass is 10.1. The molecule has 0 aliphatic carbocycles. The molecule has 2 aromatic heterocycles. The minimum absolute atomic E-state index is 0. The summed E-state index contributed by atoms with van der Waals surface area (Å²) < 4.78 is 15.1. The van der Waals surface area contributed by atoms with E-state index in [0.717, 1.165) is 16.9 Å². The Kier molecular flexibility index (Phi) is 7.71. The van der Waals surface area contributed by atoms with Crippen molar-refractivity contribution in [1.29, 1.82) is 0 Å². The van der Waals surface area contributed by atoms with Gasteiger partial charge >= 0.3 is 0 Å². The summed E-state index contributed by atoms with van der Waals surface area (Å²) in [4.78, 5) is 8.53. The molecular formula is C19H22FIN6. The van der Waals surface area contributed by atoms with E-state index in [0.29, 0.717) is 24.6 Å². The number of aliphatic imine (C=N–C) groups is 1. The number of halogens is 2. The molecule has 0 bridgehead atoms. The van der Waals surface area contributed by atoms with Crippen LogP contribution in [0.2, 0.25) is 0 Å². The molecule has 2 N–H and O–H groups in total. The second-order valence-electron chi connectivity index (χ2n) is 5.84. The molecule has 6 nitrogen and oxygen atoms in total. The van der Waals surface area contributed by atoms with Gasteiger partial charge in [0.2, 0.25) is 0 Å². The summed E-state index contributed by atoms with van der Waals surface area (Å²) in [6.07, 6.45) is 5.33. The van der Waals surface area contributed by atoms with Crippen LogP contribution in [0.25, 0.3) is 5.82 Å². The maximum absolute atomic E-state index is 13.3. The fourth-order valence-electron chi connectivity index (χ4n) is 2.51. The van der Waals surface area contributed by atoms with Gasteiger partial charge in [-0.3, -0.25) is 4.99 Å². The molecule has 1 aromatic carbocycles. The van der Waals surface area contributed by atoms with Crippen LogP contribution in [0, 0.1) is 12.7 Å². The van der Waals surface area contributed by atoms with Gasteiger partial charge in [-0.25, -0.2) is 14.1 Å². The fourth-order valence-corrected chi connectivity index (χ4v) is 2.51. The number of aryl methyl sites for hydroxylation is 1. The lowest BCUT2D eigenvalue weighted by Gasteiger charge is -2.13. The molecule has 0 amide bonds. The zero-order valence-corrected chi connectivity index (χ0v) is 17.5. The first-order chi connectivity index (χ1) is 12.7. The van der Waals surface area contributed by atoms with E-state index in [1.807, 2.05) is 30.5 Å². The first-order valence-electron chi connectivity index (χ1n) is 8.30. The van der Waals surface area contributed by atoms with Crippen LogP contribution < -0.4 is 10.6 Å². The summed E-state index contributed by atoms with van der Waals surface area (Å²) in [7, 11) is 1.72. The van der Waals surface area contributed by atoms with Gasteiger partial charge in [0.15, 0.2) is 11.8 Å². The minimum Gasteiger partial charge on any atom is -0.352 e. The average Bonchev–Trinajstić information content (AvgIpc) is 3.20. The predicted octanol–water partition coefficient (Wildman–Crippen LogP) is 3.20. The average molecular weight is 480 g/mol. The number of nitrogens with one attached hydrogen (secondary N) is 2. The first-order valence-corrected chi connectivity index (χ1v) is 8.30. The summed E-state index contributed by atoms with van der Waals surface area (Å²) in [5.41, 5.74) is 2.69. The fraction of sp³-hybridized carbons (Fsp3) is 0.211. The SMILES string of the molecule is CN=C(NCc1ccnc(-n2cccn2)c1)NCc1ccc(F)c(C)c1.I. The smallest absolute Gasteiger partial charge is 0.191 e. The molecule has 0 aliphatic heterocycles. The molecule has 8 heteroatoms. The first kappa shape index (κ1) is 20.8.